The Labute approximate surface area is 139 Å². The van der Waals surface area contributed by atoms with E-state index in [0.29, 0.717) is 24.5 Å². The van der Waals surface area contributed by atoms with Crippen LogP contribution in [-0.2, 0) is 19.7 Å². The molecule has 0 atom stereocenters. The van der Waals surface area contributed by atoms with Gasteiger partial charge in [-0.3, -0.25) is 9.59 Å². The second-order valence-electron chi connectivity index (χ2n) is 5.44. The van der Waals surface area contributed by atoms with Crippen molar-refractivity contribution in [1.29, 1.82) is 0 Å². The van der Waals surface area contributed by atoms with Gasteiger partial charge in [0.1, 0.15) is 0 Å². The SMILES string of the molecule is COC(=O)CSCCC(=O)NCC1(c2ccc(Cl)cc2)CC1. The van der Waals surface area contributed by atoms with Gasteiger partial charge in [0.2, 0.25) is 5.91 Å². The van der Waals surface area contributed by atoms with Gasteiger partial charge in [-0.15, -0.1) is 11.8 Å². The van der Waals surface area contributed by atoms with Crippen LogP contribution in [0.4, 0.5) is 0 Å². The molecule has 0 aliphatic heterocycles. The molecule has 6 heteroatoms. The van der Waals surface area contributed by atoms with Crippen LogP contribution in [0.1, 0.15) is 24.8 Å². The van der Waals surface area contributed by atoms with Crippen molar-refractivity contribution >= 4 is 35.2 Å². The first-order valence-electron chi connectivity index (χ1n) is 7.23. The molecule has 1 N–H and O–H groups in total. The highest BCUT2D eigenvalue weighted by atomic mass is 35.5. The maximum Gasteiger partial charge on any atom is 0.315 e. The van der Waals surface area contributed by atoms with E-state index < -0.39 is 0 Å². The van der Waals surface area contributed by atoms with Crippen LogP contribution in [0.15, 0.2) is 24.3 Å². The van der Waals surface area contributed by atoms with Crippen molar-refractivity contribution in [3.05, 3.63) is 34.9 Å². The summed E-state index contributed by atoms with van der Waals surface area (Å²) in [5, 5.41) is 3.73. The Balaban J connectivity index is 1.70. The molecule has 0 bridgehead atoms. The molecule has 1 amide bonds. The second kappa shape index (κ2) is 7.88. The van der Waals surface area contributed by atoms with Crippen molar-refractivity contribution in [2.75, 3.05) is 25.2 Å². The van der Waals surface area contributed by atoms with Gasteiger partial charge in [-0.25, -0.2) is 0 Å². The number of amides is 1. The fourth-order valence-corrected chi connectivity index (χ4v) is 3.14. The summed E-state index contributed by atoms with van der Waals surface area (Å²) in [6.07, 6.45) is 2.59. The number of carbonyl (C=O) groups is 2. The van der Waals surface area contributed by atoms with Gasteiger partial charge >= 0.3 is 5.97 Å². The number of nitrogens with one attached hydrogen (secondary N) is 1. The molecule has 0 heterocycles. The van der Waals surface area contributed by atoms with Crippen LogP contribution in [0.3, 0.4) is 0 Å². The van der Waals surface area contributed by atoms with Crippen LogP contribution in [0.2, 0.25) is 5.02 Å². The van der Waals surface area contributed by atoms with Crippen molar-refractivity contribution in [1.82, 2.24) is 5.32 Å². The number of methoxy groups -OCH3 is 1. The van der Waals surface area contributed by atoms with Crippen LogP contribution in [0, 0.1) is 0 Å². The van der Waals surface area contributed by atoms with Crippen molar-refractivity contribution in [3.8, 4) is 0 Å². The summed E-state index contributed by atoms with van der Waals surface area (Å²) in [6, 6.07) is 7.85. The molecule has 120 valence electrons. The van der Waals surface area contributed by atoms with Crippen LogP contribution in [0.5, 0.6) is 0 Å². The molecular weight excluding hydrogens is 322 g/mol. The van der Waals surface area contributed by atoms with E-state index in [2.05, 4.69) is 10.1 Å². The predicted molar refractivity (Wildman–Crippen MR) is 89.3 cm³/mol. The predicted octanol–water partition coefficient (Wildman–Crippen LogP) is 2.78. The summed E-state index contributed by atoms with van der Waals surface area (Å²) in [7, 11) is 1.36. The van der Waals surface area contributed by atoms with Gasteiger partial charge in [0, 0.05) is 29.2 Å². The Hall–Kier alpha value is -1.20. The topological polar surface area (TPSA) is 55.4 Å². The van der Waals surface area contributed by atoms with Gasteiger partial charge in [-0.1, -0.05) is 23.7 Å². The van der Waals surface area contributed by atoms with E-state index in [0.717, 1.165) is 17.9 Å². The van der Waals surface area contributed by atoms with Crippen LogP contribution < -0.4 is 5.32 Å². The molecule has 1 aromatic rings. The van der Waals surface area contributed by atoms with Crippen LogP contribution >= 0.6 is 23.4 Å². The van der Waals surface area contributed by atoms with Gasteiger partial charge < -0.3 is 10.1 Å². The van der Waals surface area contributed by atoms with E-state index in [1.165, 1.54) is 24.4 Å². The molecule has 2 rings (SSSR count). The molecule has 1 saturated carbocycles. The third-order valence-electron chi connectivity index (χ3n) is 3.86. The van der Waals surface area contributed by atoms with E-state index in [9.17, 15) is 9.59 Å². The lowest BCUT2D eigenvalue weighted by atomic mass is 9.96. The summed E-state index contributed by atoms with van der Waals surface area (Å²) in [5.74, 6) is 0.676. The zero-order chi connectivity index (χ0) is 16.0. The third kappa shape index (κ3) is 4.92. The number of benzene rings is 1. The third-order valence-corrected chi connectivity index (χ3v) is 5.04. The molecule has 0 unspecified atom stereocenters. The first kappa shape index (κ1) is 17.2. The number of hydrogen-bond donors (Lipinski definition) is 1. The highest BCUT2D eigenvalue weighted by Crippen LogP contribution is 2.47. The number of rotatable bonds is 8. The molecule has 0 aromatic heterocycles. The van der Waals surface area contributed by atoms with Crippen LogP contribution in [-0.4, -0.2) is 37.0 Å². The number of carbonyl (C=O) groups excluding carboxylic acids is 2. The fraction of sp³-hybridized carbons (Fsp3) is 0.500. The maximum absolute atomic E-state index is 11.9. The van der Waals surface area contributed by atoms with Crippen molar-refractivity contribution < 1.29 is 14.3 Å². The Morgan fingerprint density at radius 2 is 2.00 bits per heavy atom. The Morgan fingerprint density at radius 1 is 1.32 bits per heavy atom. The largest absolute Gasteiger partial charge is 0.468 e. The number of halogens is 1. The first-order valence-corrected chi connectivity index (χ1v) is 8.76. The molecule has 1 aromatic carbocycles. The second-order valence-corrected chi connectivity index (χ2v) is 6.98. The average molecular weight is 342 g/mol. The number of ether oxygens (including phenoxy) is 1. The molecule has 1 aliphatic carbocycles. The normalized spacial score (nSPS) is 15.2. The Kier molecular flexibility index (Phi) is 6.15. The molecular formula is C16H20ClNO3S. The van der Waals surface area contributed by atoms with E-state index >= 15 is 0 Å². The van der Waals surface area contributed by atoms with E-state index in [4.69, 9.17) is 11.6 Å². The lowest BCUT2D eigenvalue weighted by molar-refractivity contribution is -0.137. The van der Waals surface area contributed by atoms with E-state index in [1.54, 1.807) is 0 Å². The van der Waals surface area contributed by atoms with Crippen molar-refractivity contribution in [3.63, 3.8) is 0 Å². The van der Waals surface area contributed by atoms with Gasteiger partial charge in [0.15, 0.2) is 0 Å². The molecule has 0 spiro atoms. The van der Waals surface area contributed by atoms with E-state index in [-0.39, 0.29) is 17.3 Å². The number of esters is 1. The number of thioether (sulfide) groups is 1. The fourth-order valence-electron chi connectivity index (χ4n) is 2.26. The average Bonchev–Trinajstić information content (AvgIpc) is 3.31. The zero-order valence-corrected chi connectivity index (χ0v) is 14.1. The van der Waals surface area contributed by atoms with Gasteiger partial charge in [-0.2, -0.15) is 0 Å². The summed E-state index contributed by atoms with van der Waals surface area (Å²) in [4.78, 5) is 22.8. The maximum atomic E-state index is 11.9. The number of hydrogen-bond acceptors (Lipinski definition) is 4. The molecule has 0 radical (unpaired) electrons. The monoisotopic (exact) mass is 341 g/mol. The lowest BCUT2D eigenvalue weighted by Crippen LogP contribution is -2.32. The molecule has 1 aliphatic rings. The summed E-state index contributed by atoms with van der Waals surface area (Å²) < 4.78 is 4.55. The lowest BCUT2D eigenvalue weighted by Gasteiger charge is -2.16. The van der Waals surface area contributed by atoms with Gasteiger partial charge in [0.25, 0.3) is 0 Å². The summed E-state index contributed by atoms with van der Waals surface area (Å²) in [6.45, 7) is 0.662. The smallest absolute Gasteiger partial charge is 0.315 e. The standard InChI is InChI=1S/C16H20ClNO3S/c1-21-15(20)10-22-9-6-14(19)18-11-16(7-8-16)12-2-4-13(17)5-3-12/h2-5H,6-11H2,1H3,(H,18,19). The van der Waals surface area contributed by atoms with Gasteiger partial charge in [0.05, 0.1) is 12.9 Å². The molecule has 0 saturated heterocycles. The molecule has 22 heavy (non-hydrogen) atoms. The Bertz CT molecular complexity index is 529. The van der Waals surface area contributed by atoms with Crippen molar-refractivity contribution in [2.45, 2.75) is 24.7 Å². The quantitative estimate of drug-likeness (QED) is 0.583. The van der Waals surface area contributed by atoms with Gasteiger partial charge in [-0.05, 0) is 30.5 Å². The molecule has 1 fully saturated rings. The van der Waals surface area contributed by atoms with E-state index in [1.807, 2.05) is 24.3 Å². The minimum absolute atomic E-state index is 0.0256. The minimum atomic E-state index is -0.259. The molecule has 4 nitrogen and oxygen atoms in total. The minimum Gasteiger partial charge on any atom is -0.468 e. The highest BCUT2D eigenvalue weighted by Gasteiger charge is 2.44. The summed E-state index contributed by atoms with van der Waals surface area (Å²) in [5.41, 5.74) is 1.32. The first-order chi connectivity index (χ1) is 10.6. The van der Waals surface area contributed by atoms with Crippen LogP contribution in [0.25, 0.3) is 0 Å². The zero-order valence-electron chi connectivity index (χ0n) is 12.6. The van der Waals surface area contributed by atoms with Crippen molar-refractivity contribution in [2.24, 2.45) is 0 Å². The Morgan fingerprint density at radius 3 is 2.59 bits per heavy atom. The highest BCUT2D eigenvalue weighted by molar-refractivity contribution is 7.99. The summed E-state index contributed by atoms with van der Waals surface area (Å²) >= 11 is 7.32.